The molecule has 1 aliphatic rings. The third kappa shape index (κ3) is 2.62. The first-order valence-electron chi connectivity index (χ1n) is 6.18. The van der Waals surface area contributed by atoms with Gasteiger partial charge in [-0.25, -0.2) is 4.98 Å². The van der Waals surface area contributed by atoms with Crippen LogP contribution in [0.1, 0.15) is 12.8 Å². The van der Waals surface area contributed by atoms with Crippen molar-refractivity contribution in [2.45, 2.75) is 18.1 Å². The number of aromatic nitrogens is 1. The van der Waals surface area contributed by atoms with E-state index in [-0.39, 0.29) is 0 Å². The maximum atomic E-state index is 5.72. The van der Waals surface area contributed by atoms with Crippen molar-refractivity contribution in [1.29, 1.82) is 0 Å². The molecule has 2 aromatic rings. The van der Waals surface area contributed by atoms with Gasteiger partial charge in [-0.2, -0.15) is 0 Å². The van der Waals surface area contributed by atoms with Crippen LogP contribution in [0.25, 0.3) is 11.1 Å². The van der Waals surface area contributed by atoms with Crippen molar-refractivity contribution in [3.8, 4) is 0 Å². The van der Waals surface area contributed by atoms with E-state index in [2.05, 4.69) is 4.98 Å². The van der Waals surface area contributed by atoms with Gasteiger partial charge in [0.15, 0.2) is 5.58 Å². The van der Waals surface area contributed by atoms with E-state index < -0.39 is 0 Å². The number of benzene rings is 1. The number of nitrogen functional groups attached to an aromatic ring is 1. The molecule has 1 aromatic heterocycles. The minimum Gasteiger partial charge on any atom is -0.431 e. The lowest BCUT2D eigenvalue weighted by Crippen LogP contribution is -2.17. The Kier molecular flexibility index (Phi) is 3.43. The Hall–Kier alpha value is -1.20. The summed E-state index contributed by atoms with van der Waals surface area (Å²) < 4.78 is 11.0. The number of ether oxygens (including phenoxy) is 1. The second kappa shape index (κ2) is 5.20. The Bertz CT molecular complexity index is 535. The van der Waals surface area contributed by atoms with Crippen LogP contribution in [0.3, 0.4) is 0 Å². The molecule has 0 spiro atoms. The highest BCUT2D eigenvalue weighted by atomic mass is 32.2. The van der Waals surface area contributed by atoms with Gasteiger partial charge in [0.2, 0.25) is 0 Å². The first-order chi connectivity index (χ1) is 8.81. The van der Waals surface area contributed by atoms with Crippen molar-refractivity contribution in [2.24, 2.45) is 5.92 Å². The zero-order valence-electron chi connectivity index (χ0n) is 10.1. The lowest BCUT2D eigenvalue weighted by atomic mass is 10.0. The summed E-state index contributed by atoms with van der Waals surface area (Å²) in [6.07, 6.45) is 2.28. The number of oxazole rings is 1. The Balaban J connectivity index is 1.67. The first kappa shape index (κ1) is 11.9. The van der Waals surface area contributed by atoms with Crippen LogP contribution < -0.4 is 5.73 Å². The number of rotatable bonds is 3. The fourth-order valence-electron chi connectivity index (χ4n) is 2.09. The Labute approximate surface area is 110 Å². The maximum absolute atomic E-state index is 5.72. The molecule has 2 N–H and O–H groups in total. The summed E-state index contributed by atoms with van der Waals surface area (Å²) in [5, 5.41) is 0.738. The van der Waals surface area contributed by atoms with Gasteiger partial charge in [-0.05, 0) is 37.0 Å². The van der Waals surface area contributed by atoms with E-state index in [0.717, 1.165) is 53.8 Å². The van der Waals surface area contributed by atoms with Crippen molar-refractivity contribution in [2.75, 3.05) is 24.7 Å². The van der Waals surface area contributed by atoms with Gasteiger partial charge in [-0.15, -0.1) is 0 Å². The largest absolute Gasteiger partial charge is 0.431 e. The molecule has 5 heteroatoms. The highest BCUT2D eigenvalue weighted by Crippen LogP contribution is 2.28. The topological polar surface area (TPSA) is 61.3 Å². The van der Waals surface area contributed by atoms with Gasteiger partial charge in [0.05, 0.1) is 0 Å². The predicted octanol–water partition coefficient (Wildman–Crippen LogP) is 2.93. The molecule has 0 bridgehead atoms. The molecule has 18 heavy (non-hydrogen) atoms. The quantitative estimate of drug-likeness (QED) is 0.682. The normalized spacial score (nSPS) is 17.3. The van der Waals surface area contributed by atoms with Crippen LogP contribution in [0.4, 0.5) is 5.69 Å². The van der Waals surface area contributed by atoms with Crippen LogP contribution >= 0.6 is 11.8 Å². The minimum atomic E-state index is 0.712. The smallest absolute Gasteiger partial charge is 0.256 e. The minimum absolute atomic E-state index is 0.712. The van der Waals surface area contributed by atoms with E-state index in [1.807, 2.05) is 18.2 Å². The molecule has 1 aromatic carbocycles. The van der Waals surface area contributed by atoms with Crippen LogP contribution in [0.2, 0.25) is 0 Å². The zero-order valence-corrected chi connectivity index (χ0v) is 10.9. The van der Waals surface area contributed by atoms with Crippen LogP contribution in [0, 0.1) is 5.92 Å². The molecule has 0 atom stereocenters. The molecule has 1 fully saturated rings. The molecular weight excluding hydrogens is 248 g/mol. The predicted molar refractivity (Wildman–Crippen MR) is 72.7 cm³/mol. The van der Waals surface area contributed by atoms with Gasteiger partial charge in [-0.3, -0.25) is 0 Å². The average Bonchev–Trinajstić information content (AvgIpc) is 2.79. The van der Waals surface area contributed by atoms with Crippen molar-refractivity contribution in [1.82, 2.24) is 4.98 Å². The molecule has 0 saturated carbocycles. The van der Waals surface area contributed by atoms with Gasteiger partial charge in [-0.1, -0.05) is 11.8 Å². The molecule has 0 unspecified atom stereocenters. The summed E-state index contributed by atoms with van der Waals surface area (Å²) in [7, 11) is 0. The van der Waals surface area contributed by atoms with Crippen LogP contribution in [0.5, 0.6) is 0 Å². The lowest BCUT2D eigenvalue weighted by molar-refractivity contribution is 0.0727. The van der Waals surface area contributed by atoms with Crippen molar-refractivity contribution in [3.05, 3.63) is 18.2 Å². The molecular formula is C13H16N2O2S. The number of nitrogens with two attached hydrogens (primary N) is 1. The fourth-order valence-corrected chi connectivity index (χ4v) is 3.11. The van der Waals surface area contributed by atoms with Gasteiger partial charge in [0.25, 0.3) is 5.22 Å². The van der Waals surface area contributed by atoms with Crippen LogP contribution in [-0.2, 0) is 4.74 Å². The molecule has 1 aliphatic heterocycles. The number of hydrogen-bond acceptors (Lipinski definition) is 5. The zero-order chi connectivity index (χ0) is 12.4. The van der Waals surface area contributed by atoms with Crippen LogP contribution in [0.15, 0.2) is 27.8 Å². The summed E-state index contributed by atoms with van der Waals surface area (Å²) >= 11 is 1.68. The summed E-state index contributed by atoms with van der Waals surface area (Å²) in [6.45, 7) is 1.77. The molecule has 2 heterocycles. The van der Waals surface area contributed by atoms with Gasteiger partial charge < -0.3 is 14.9 Å². The Morgan fingerprint density at radius 2 is 2.17 bits per heavy atom. The van der Waals surface area contributed by atoms with E-state index in [4.69, 9.17) is 14.9 Å². The SMILES string of the molecule is Nc1ccc2oc(SCC3CCOCC3)nc2c1. The van der Waals surface area contributed by atoms with Gasteiger partial charge >= 0.3 is 0 Å². The van der Waals surface area contributed by atoms with Gasteiger partial charge in [0.1, 0.15) is 5.52 Å². The molecule has 3 rings (SSSR count). The van der Waals surface area contributed by atoms with E-state index in [1.54, 1.807) is 11.8 Å². The van der Waals surface area contributed by atoms with E-state index in [9.17, 15) is 0 Å². The molecule has 96 valence electrons. The number of fused-ring (bicyclic) bond motifs is 1. The summed E-state index contributed by atoms with van der Waals surface area (Å²) in [6, 6.07) is 5.55. The monoisotopic (exact) mass is 264 g/mol. The Morgan fingerprint density at radius 1 is 1.33 bits per heavy atom. The molecule has 0 amide bonds. The first-order valence-corrected chi connectivity index (χ1v) is 7.16. The third-order valence-corrected chi connectivity index (χ3v) is 4.24. The summed E-state index contributed by atoms with van der Waals surface area (Å²) in [5.41, 5.74) is 8.08. The molecule has 0 radical (unpaired) electrons. The molecule has 1 saturated heterocycles. The Morgan fingerprint density at radius 3 is 3.00 bits per heavy atom. The maximum Gasteiger partial charge on any atom is 0.256 e. The van der Waals surface area contributed by atoms with E-state index in [0.29, 0.717) is 5.92 Å². The van der Waals surface area contributed by atoms with Gasteiger partial charge in [0, 0.05) is 24.7 Å². The van der Waals surface area contributed by atoms with Crippen molar-refractivity contribution < 1.29 is 9.15 Å². The van der Waals surface area contributed by atoms with Crippen LogP contribution in [-0.4, -0.2) is 24.0 Å². The van der Waals surface area contributed by atoms with E-state index in [1.165, 1.54) is 0 Å². The van der Waals surface area contributed by atoms with E-state index >= 15 is 0 Å². The summed E-state index contributed by atoms with van der Waals surface area (Å²) in [4.78, 5) is 4.44. The second-order valence-corrected chi connectivity index (χ2v) is 5.54. The molecule has 4 nitrogen and oxygen atoms in total. The van der Waals surface area contributed by atoms with Crippen molar-refractivity contribution >= 4 is 28.5 Å². The number of hydrogen-bond donors (Lipinski definition) is 1. The fraction of sp³-hybridized carbons (Fsp3) is 0.462. The lowest BCUT2D eigenvalue weighted by Gasteiger charge is -2.20. The standard InChI is InChI=1S/C13H16N2O2S/c14-10-1-2-12-11(7-10)15-13(17-12)18-8-9-3-5-16-6-4-9/h1-2,7,9H,3-6,8,14H2. The highest BCUT2D eigenvalue weighted by Gasteiger charge is 2.15. The number of thioether (sulfide) groups is 1. The third-order valence-electron chi connectivity index (χ3n) is 3.18. The number of nitrogens with zero attached hydrogens (tertiary/aromatic N) is 1. The average molecular weight is 264 g/mol. The van der Waals surface area contributed by atoms with Crippen molar-refractivity contribution in [3.63, 3.8) is 0 Å². The molecule has 0 aliphatic carbocycles. The summed E-state index contributed by atoms with van der Waals surface area (Å²) in [5.74, 6) is 1.76. The number of anilines is 1. The second-order valence-electron chi connectivity index (χ2n) is 4.57. The highest BCUT2D eigenvalue weighted by molar-refractivity contribution is 7.99.